The monoisotopic (exact) mass is 340 g/mol. The molecule has 0 spiro atoms. The predicted octanol–water partition coefficient (Wildman–Crippen LogP) is 2.02. The zero-order valence-electron chi connectivity index (χ0n) is 14.3. The van der Waals surface area contributed by atoms with Crippen LogP contribution in [0.5, 0.6) is 0 Å². The van der Waals surface area contributed by atoms with Gasteiger partial charge in [-0.25, -0.2) is 13.1 Å². The van der Waals surface area contributed by atoms with E-state index in [9.17, 15) is 8.42 Å². The number of hydrogen-bond donors (Lipinski definition) is 1. The SMILES string of the molecule is Cc1ccc(S(=O)(=O)NCC(CC(C)C)N2CCOCC2)cc1. The van der Waals surface area contributed by atoms with Gasteiger partial charge in [0.2, 0.25) is 10.0 Å². The summed E-state index contributed by atoms with van der Waals surface area (Å²) in [5.41, 5.74) is 1.05. The van der Waals surface area contributed by atoms with Crippen molar-refractivity contribution < 1.29 is 13.2 Å². The summed E-state index contributed by atoms with van der Waals surface area (Å²) in [5, 5.41) is 0. The number of rotatable bonds is 7. The average Bonchev–Trinajstić information content (AvgIpc) is 2.52. The topological polar surface area (TPSA) is 58.6 Å². The van der Waals surface area contributed by atoms with E-state index >= 15 is 0 Å². The lowest BCUT2D eigenvalue weighted by molar-refractivity contribution is 0.0134. The summed E-state index contributed by atoms with van der Waals surface area (Å²) >= 11 is 0. The fraction of sp³-hybridized carbons (Fsp3) is 0.647. The van der Waals surface area contributed by atoms with Crippen molar-refractivity contribution >= 4 is 10.0 Å². The zero-order valence-corrected chi connectivity index (χ0v) is 15.1. The first-order valence-corrected chi connectivity index (χ1v) is 9.75. The lowest BCUT2D eigenvalue weighted by Gasteiger charge is -2.35. The standard InChI is InChI=1S/C17H28N2O3S/c1-14(2)12-16(19-8-10-22-11-9-19)13-18-23(20,21)17-6-4-15(3)5-7-17/h4-7,14,16,18H,8-13H2,1-3H3. The van der Waals surface area contributed by atoms with E-state index < -0.39 is 10.0 Å². The van der Waals surface area contributed by atoms with Gasteiger partial charge >= 0.3 is 0 Å². The van der Waals surface area contributed by atoms with Gasteiger partial charge in [0.25, 0.3) is 0 Å². The molecule has 5 nitrogen and oxygen atoms in total. The molecular formula is C17H28N2O3S. The van der Waals surface area contributed by atoms with Gasteiger partial charge in [0.1, 0.15) is 0 Å². The largest absolute Gasteiger partial charge is 0.379 e. The van der Waals surface area contributed by atoms with Crippen molar-refractivity contribution in [1.82, 2.24) is 9.62 Å². The van der Waals surface area contributed by atoms with Crippen LogP contribution in [0.4, 0.5) is 0 Å². The minimum Gasteiger partial charge on any atom is -0.379 e. The molecule has 6 heteroatoms. The van der Waals surface area contributed by atoms with E-state index in [-0.39, 0.29) is 6.04 Å². The van der Waals surface area contributed by atoms with Gasteiger partial charge in [-0.15, -0.1) is 0 Å². The number of ether oxygens (including phenoxy) is 1. The van der Waals surface area contributed by atoms with Crippen molar-refractivity contribution in [3.63, 3.8) is 0 Å². The molecule has 1 atom stereocenters. The Kier molecular flexibility index (Phi) is 6.59. The second-order valence-electron chi connectivity index (χ2n) is 6.60. The van der Waals surface area contributed by atoms with Gasteiger partial charge in [-0.2, -0.15) is 0 Å². The maximum absolute atomic E-state index is 12.5. The molecule has 23 heavy (non-hydrogen) atoms. The number of nitrogens with one attached hydrogen (secondary N) is 1. The molecule has 1 aliphatic rings. The number of morpholine rings is 1. The highest BCUT2D eigenvalue weighted by molar-refractivity contribution is 7.89. The number of benzene rings is 1. The van der Waals surface area contributed by atoms with E-state index in [1.807, 2.05) is 19.1 Å². The third-order valence-electron chi connectivity index (χ3n) is 4.15. The molecule has 0 aromatic heterocycles. The normalized spacial score (nSPS) is 18.3. The molecule has 130 valence electrons. The minimum absolute atomic E-state index is 0.208. The Bertz CT molecular complexity index is 578. The van der Waals surface area contributed by atoms with Crippen LogP contribution in [0.1, 0.15) is 25.8 Å². The zero-order chi connectivity index (χ0) is 16.9. The molecule has 1 aliphatic heterocycles. The van der Waals surface area contributed by atoms with Crippen LogP contribution in [-0.4, -0.2) is 52.2 Å². The Hall–Kier alpha value is -0.950. The van der Waals surface area contributed by atoms with Crippen molar-refractivity contribution in [1.29, 1.82) is 0 Å². The Morgan fingerprint density at radius 3 is 2.35 bits per heavy atom. The van der Waals surface area contributed by atoms with Crippen LogP contribution in [0.3, 0.4) is 0 Å². The van der Waals surface area contributed by atoms with Crippen molar-refractivity contribution in [3.8, 4) is 0 Å². The fourth-order valence-electron chi connectivity index (χ4n) is 2.85. The molecule has 1 N–H and O–H groups in total. The highest BCUT2D eigenvalue weighted by Gasteiger charge is 2.24. The molecule has 1 fully saturated rings. The Morgan fingerprint density at radius 1 is 1.17 bits per heavy atom. The summed E-state index contributed by atoms with van der Waals surface area (Å²) in [6, 6.07) is 7.16. The molecule has 0 amide bonds. The van der Waals surface area contributed by atoms with Crippen LogP contribution in [0.15, 0.2) is 29.2 Å². The average molecular weight is 340 g/mol. The number of sulfonamides is 1. The van der Waals surface area contributed by atoms with Gasteiger partial charge in [-0.1, -0.05) is 31.5 Å². The molecule has 1 aromatic rings. The summed E-state index contributed by atoms with van der Waals surface area (Å²) in [4.78, 5) is 2.66. The van der Waals surface area contributed by atoms with Crippen molar-refractivity contribution in [2.75, 3.05) is 32.8 Å². The number of nitrogens with zero attached hydrogens (tertiary/aromatic N) is 1. The smallest absolute Gasteiger partial charge is 0.240 e. The number of hydrogen-bond acceptors (Lipinski definition) is 4. The van der Waals surface area contributed by atoms with E-state index in [4.69, 9.17) is 4.74 Å². The molecule has 1 heterocycles. The van der Waals surface area contributed by atoms with Crippen LogP contribution in [0.25, 0.3) is 0 Å². The van der Waals surface area contributed by atoms with Crippen LogP contribution in [-0.2, 0) is 14.8 Å². The first kappa shape index (κ1) is 18.4. The number of aryl methyl sites for hydroxylation is 1. The molecule has 0 aliphatic carbocycles. The predicted molar refractivity (Wildman–Crippen MR) is 92.0 cm³/mol. The third-order valence-corrected chi connectivity index (χ3v) is 5.59. The van der Waals surface area contributed by atoms with Crippen molar-refractivity contribution in [2.45, 2.75) is 38.1 Å². The third kappa shape index (κ3) is 5.57. The van der Waals surface area contributed by atoms with Gasteiger partial charge in [-0.05, 0) is 31.4 Å². The molecule has 1 saturated heterocycles. The van der Waals surface area contributed by atoms with E-state index in [2.05, 4.69) is 23.5 Å². The first-order valence-electron chi connectivity index (χ1n) is 8.26. The van der Waals surface area contributed by atoms with E-state index in [1.165, 1.54) is 0 Å². The highest BCUT2D eigenvalue weighted by Crippen LogP contribution is 2.15. The van der Waals surface area contributed by atoms with Gasteiger partial charge in [0, 0.05) is 25.7 Å². The molecular weight excluding hydrogens is 312 g/mol. The van der Waals surface area contributed by atoms with Crippen molar-refractivity contribution in [3.05, 3.63) is 29.8 Å². The van der Waals surface area contributed by atoms with E-state index in [0.717, 1.165) is 38.3 Å². The summed E-state index contributed by atoms with van der Waals surface area (Å²) in [6.07, 6.45) is 0.969. The highest BCUT2D eigenvalue weighted by atomic mass is 32.2. The lowest BCUT2D eigenvalue weighted by Crippen LogP contribution is -2.49. The maximum atomic E-state index is 12.5. The summed E-state index contributed by atoms with van der Waals surface area (Å²) in [5.74, 6) is 0.520. The van der Waals surface area contributed by atoms with Crippen LogP contribution in [0, 0.1) is 12.8 Å². The van der Waals surface area contributed by atoms with Crippen molar-refractivity contribution in [2.24, 2.45) is 5.92 Å². The van der Waals surface area contributed by atoms with Gasteiger partial charge in [-0.3, -0.25) is 4.90 Å². The summed E-state index contributed by atoms with van der Waals surface area (Å²) < 4.78 is 33.1. The second-order valence-corrected chi connectivity index (χ2v) is 8.36. The quantitative estimate of drug-likeness (QED) is 0.825. The van der Waals surface area contributed by atoms with E-state index in [1.54, 1.807) is 12.1 Å². The molecule has 0 saturated carbocycles. The first-order chi connectivity index (χ1) is 10.9. The van der Waals surface area contributed by atoms with E-state index in [0.29, 0.717) is 17.4 Å². The Balaban J connectivity index is 2.02. The molecule has 1 unspecified atom stereocenters. The molecule has 0 bridgehead atoms. The van der Waals surface area contributed by atoms with Crippen LogP contribution in [0.2, 0.25) is 0 Å². The summed E-state index contributed by atoms with van der Waals surface area (Å²) in [6.45, 7) is 9.89. The summed E-state index contributed by atoms with van der Waals surface area (Å²) in [7, 11) is -3.45. The molecule has 0 radical (unpaired) electrons. The van der Waals surface area contributed by atoms with Gasteiger partial charge in [0.05, 0.1) is 18.1 Å². The minimum atomic E-state index is -3.45. The van der Waals surface area contributed by atoms with Gasteiger partial charge < -0.3 is 4.74 Å². The molecule has 1 aromatic carbocycles. The Morgan fingerprint density at radius 2 is 1.78 bits per heavy atom. The second kappa shape index (κ2) is 8.24. The van der Waals surface area contributed by atoms with Gasteiger partial charge in [0.15, 0.2) is 0 Å². The lowest BCUT2D eigenvalue weighted by atomic mass is 10.0. The maximum Gasteiger partial charge on any atom is 0.240 e. The molecule has 2 rings (SSSR count). The van der Waals surface area contributed by atoms with Crippen LogP contribution >= 0.6 is 0 Å². The fourth-order valence-corrected chi connectivity index (χ4v) is 3.93. The Labute approximate surface area is 140 Å². The van der Waals surface area contributed by atoms with Crippen LogP contribution < -0.4 is 4.72 Å².